The summed E-state index contributed by atoms with van der Waals surface area (Å²) in [6, 6.07) is 5.71. The van der Waals surface area contributed by atoms with E-state index in [0.29, 0.717) is 18.2 Å². The Hall–Kier alpha value is -1.89. The first-order valence-corrected chi connectivity index (χ1v) is 10.7. The van der Waals surface area contributed by atoms with Crippen molar-refractivity contribution in [2.75, 3.05) is 32.2 Å². The number of nitrogens with one attached hydrogen (secondary N) is 1. The quantitative estimate of drug-likeness (QED) is 0.643. The number of halogens is 1. The fraction of sp³-hybridized carbons (Fsp3) is 0.545. The molecule has 1 aliphatic rings. The predicted octanol–water partition coefficient (Wildman–Crippen LogP) is 4.54. The smallest absolute Gasteiger partial charge is 0.148 e. The molecule has 1 aliphatic heterocycles. The normalized spacial score (nSPS) is 18.8. The Labute approximate surface area is 177 Å². The Bertz CT molecular complexity index is 831. The van der Waals surface area contributed by atoms with Crippen LogP contribution in [-0.2, 0) is 22.3 Å². The average Bonchev–Trinajstić information content (AvgIpc) is 3.18. The van der Waals surface area contributed by atoms with Gasteiger partial charge in [0.1, 0.15) is 17.7 Å². The Morgan fingerprint density at radius 3 is 2.59 bits per heavy atom. The second kappa shape index (κ2) is 10.2. The minimum atomic E-state index is 0.0299. The lowest BCUT2D eigenvalue weighted by molar-refractivity contribution is 0.0400. The summed E-state index contributed by atoms with van der Waals surface area (Å²) in [5.74, 6) is 1.52. The van der Waals surface area contributed by atoms with E-state index in [0.717, 1.165) is 60.1 Å². The highest BCUT2D eigenvalue weighted by Gasteiger charge is 2.30. The van der Waals surface area contributed by atoms with E-state index in [1.165, 1.54) is 0 Å². The third kappa shape index (κ3) is 5.00. The van der Waals surface area contributed by atoms with Gasteiger partial charge in [-0.1, -0.05) is 32.4 Å². The standard InChI is InChI=1S/C22H30ClN3O3/c1-5-10-29-20-13-28-12-19(20)26-22-18(7-3)24-21(17(6-2)25-22)15-9-8-14(27-4)11-16(15)23/h8-9,11,19-20H,5-7,10,12-13H2,1-4H3,(H,25,26)/t19-,20+/m0/s1. The fourth-order valence-corrected chi connectivity index (χ4v) is 3.68. The highest BCUT2D eigenvalue weighted by atomic mass is 35.5. The van der Waals surface area contributed by atoms with Crippen LogP contribution in [0.4, 0.5) is 5.82 Å². The van der Waals surface area contributed by atoms with Crippen molar-refractivity contribution in [1.82, 2.24) is 9.97 Å². The van der Waals surface area contributed by atoms with Gasteiger partial charge in [-0.3, -0.25) is 0 Å². The molecule has 1 aromatic heterocycles. The number of benzene rings is 1. The molecule has 2 atom stereocenters. The second-order valence-corrected chi connectivity index (χ2v) is 7.47. The van der Waals surface area contributed by atoms with Crippen LogP contribution in [0, 0.1) is 0 Å². The monoisotopic (exact) mass is 419 g/mol. The van der Waals surface area contributed by atoms with Crippen LogP contribution in [-0.4, -0.2) is 49.0 Å². The van der Waals surface area contributed by atoms with Gasteiger partial charge in [-0.2, -0.15) is 0 Å². The molecular formula is C22H30ClN3O3. The van der Waals surface area contributed by atoms with Gasteiger partial charge in [-0.05, 0) is 37.5 Å². The van der Waals surface area contributed by atoms with Crippen LogP contribution in [0.2, 0.25) is 5.02 Å². The van der Waals surface area contributed by atoms with Crippen LogP contribution in [0.3, 0.4) is 0 Å². The van der Waals surface area contributed by atoms with Gasteiger partial charge in [-0.15, -0.1) is 0 Å². The number of aryl methyl sites for hydroxylation is 2. The van der Waals surface area contributed by atoms with Gasteiger partial charge in [0.05, 0.1) is 48.5 Å². The lowest BCUT2D eigenvalue weighted by Crippen LogP contribution is -2.35. The lowest BCUT2D eigenvalue weighted by Gasteiger charge is -2.22. The van der Waals surface area contributed by atoms with E-state index in [4.69, 9.17) is 35.8 Å². The van der Waals surface area contributed by atoms with Crippen molar-refractivity contribution in [3.8, 4) is 17.0 Å². The largest absolute Gasteiger partial charge is 0.497 e. The minimum Gasteiger partial charge on any atom is -0.497 e. The number of aromatic nitrogens is 2. The summed E-state index contributed by atoms with van der Waals surface area (Å²) in [6.45, 7) is 8.20. The van der Waals surface area contributed by atoms with E-state index < -0.39 is 0 Å². The molecule has 3 rings (SSSR count). The zero-order valence-corrected chi connectivity index (χ0v) is 18.4. The molecule has 1 N–H and O–H groups in total. The van der Waals surface area contributed by atoms with Crippen molar-refractivity contribution >= 4 is 17.4 Å². The van der Waals surface area contributed by atoms with E-state index in [2.05, 4.69) is 26.1 Å². The third-order valence-electron chi connectivity index (χ3n) is 5.03. The maximum absolute atomic E-state index is 6.52. The van der Waals surface area contributed by atoms with Crippen molar-refractivity contribution in [3.63, 3.8) is 0 Å². The van der Waals surface area contributed by atoms with Gasteiger partial charge >= 0.3 is 0 Å². The van der Waals surface area contributed by atoms with Gasteiger partial charge in [0, 0.05) is 12.2 Å². The molecule has 0 amide bonds. The molecule has 0 spiro atoms. The number of nitrogens with zero attached hydrogens (tertiary/aromatic N) is 2. The number of ether oxygens (including phenoxy) is 3. The molecule has 1 saturated heterocycles. The molecule has 2 heterocycles. The van der Waals surface area contributed by atoms with Crippen LogP contribution in [0.15, 0.2) is 18.2 Å². The first-order valence-electron chi connectivity index (χ1n) is 10.3. The Morgan fingerprint density at radius 2 is 1.93 bits per heavy atom. The highest BCUT2D eigenvalue weighted by molar-refractivity contribution is 6.33. The second-order valence-electron chi connectivity index (χ2n) is 7.06. The number of rotatable bonds is 9. The molecule has 158 valence electrons. The zero-order valence-electron chi connectivity index (χ0n) is 17.6. The Balaban J connectivity index is 1.92. The Morgan fingerprint density at radius 1 is 1.14 bits per heavy atom. The molecule has 6 nitrogen and oxygen atoms in total. The van der Waals surface area contributed by atoms with Crippen molar-refractivity contribution in [1.29, 1.82) is 0 Å². The van der Waals surface area contributed by atoms with Crippen molar-refractivity contribution in [2.45, 2.75) is 52.2 Å². The summed E-state index contributed by atoms with van der Waals surface area (Å²) in [5, 5.41) is 4.13. The summed E-state index contributed by atoms with van der Waals surface area (Å²) in [7, 11) is 1.63. The molecule has 2 aromatic rings. The SMILES string of the molecule is CCCO[C@@H]1COC[C@@H]1Nc1nc(CC)c(-c2ccc(OC)cc2Cl)nc1CC. The van der Waals surface area contributed by atoms with Gasteiger partial charge in [0.2, 0.25) is 0 Å². The molecule has 0 aliphatic carbocycles. The number of hydrogen-bond acceptors (Lipinski definition) is 6. The Kier molecular flexibility index (Phi) is 7.70. The first-order chi connectivity index (χ1) is 14.1. The van der Waals surface area contributed by atoms with Gasteiger partial charge in [0.25, 0.3) is 0 Å². The number of anilines is 1. The highest BCUT2D eigenvalue weighted by Crippen LogP contribution is 2.33. The lowest BCUT2D eigenvalue weighted by atomic mass is 10.1. The summed E-state index contributed by atoms with van der Waals surface area (Å²) >= 11 is 6.52. The molecule has 0 bridgehead atoms. The maximum Gasteiger partial charge on any atom is 0.148 e. The van der Waals surface area contributed by atoms with Crippen LogP contribution in [0.5, 0.6) is 5.75 Å². The van der Waals surface area contributed by atoms with Gasteiger partial charge < -0.3 is 19.5 Å². The molecule has 1 aromatic carbocycles. The summed E-state index contributed by atoms with van der Waals surface area (Å²) < 4.78 is 16.8. The summed E-state index contributed by atoms with van der Waals surface area (Å²) in [6.07, 6.45) is 2.52. The molecule has 0 saturated carbocycles. The van der Waals surface area contributed by atoms with Crippen LogP contribution >= 0.6 is 11.6 Å². The van der Waals surface area contributed by atoms with E-state index in [1.54, 1.807) is 13.2 Å². The van der Waals surface area contributed by atoms with E-state index >= 15 is 0 Å². The molecule has 29 heavy (non-hydrogen) atoms. The fourth-order valence-electron chi connectivity index (χ4n) is 3.42. The molecule has 0 radical (unpaired) electrons. The minimum absolute atomic E-state index is 0.0299. The molecular weight excluding hydrogens is 390 g/mol. The van der Waals surface area contributed by atoms with E-state index in [1.807, 2.05) is 12.1 Å². The maximum atomic E-state index is 6.52. The van der Waals surface area contributed by atoms with Gasteiger partial charge in [0.15, 0.2) is 0 Å². The zero-order chi connectivity index (χ0) is 20.8. The topological polar surface area (TPSA) is 65.5 Å². The van der Waals surface area contributed by atoms with E-state index in [-0.39, 0.29) is 12.1 Å². The molecule has 1 fully saturated rings. The van der Waals surface area contributed by atoms with Crippen LogP contribution in [0.25, 0.3) is 11.3 Å². The van der Waals surface area contributed by atoms with Crippen molar-refractivity contribution in [2.24, 2.45) is 0 Å². The number of methoxy groups -OCH3 is 1. The third-order valence-corrected chi connectivity index (χ3v) is 5.34. The summed E-state index contributed by atoms with van der Waals surface area (Å²) in [4.78, 5) is 9.87. The van der Waals surface area contributed by atoms with E-state index in [9.17, 15) is 0 Å². The molecule has 0 unspecified atom stereocenters. The van der Waals surface area contributed by atoms with Crippen molar-refractivity contribution < 1.29 is 14.2 Å². The first kappa shape index (κ1) is 21.8. The van der Waals surface area contributed by atoms with Crippen LogP contribution < -0.4 is 10.1 Å². The number of hydrogen-bond donors (Lipinski definition) is 1. The van der Waals surface area contributed by atoms with Crippen LogP contribution in [0.1, 0.15) is 38.6 Å². The van der Waals surface area contributed by atoms with Crippen molar-refractivity contribution in [3.05, 3.63) is 34.6 Å². The van der Waals surface area contributed by atoms with Gasteiger partial charge in [-0.25, -0.2) is 9.97 Å². The predicted molar refractivity (Wildman–Crippen MR) is 116 cm³/mol. The average molecular weight is 420 g/mol. The summed E-state index contributed by atoms with van der Waals surface area (Å²) in [5.41, 5.74) is 3.50. The molecule has 7 heteroatoms.